The average molecular weight is 472 g/mol. The van der Waals surface area contributed by atoms with E-state index in [-0.39, 0.29) is 28.8 Å². The Morgan fingerprint density at radius 1 is 1.15 bits per heavy atom. The summed E-state index contributed by atoms with van der Waals surface area (Å²) >= 11 is 0. The van der Waals surface area contributed by atoms with Gasteiger partial charge in [0.2, 0.25) is 10.0 Å². The van der Waals surface area contributed by atoms with Crippen molar-refractivity contribution in [3.8, 4) is 0 Å². The summed E-state index contributed by atoms with van der Waals surface area (Å²) < 4.78 is 27.6. The lowest BCUT2D eigenvalue weighted by Crippen LogP contribution is -2.25. The van der Waals surface area contributed by atoms with Crippen LogP contribution in [-0.4, -0.2) is 47.5 Å². The van der Waals surface area contributed by atoms with Crippen molar-refractivity contribution >= 4 is 27.0 Å². The van der Waals surface area contributed by atoms with Crippen LogP contribution in [0.4, 0.5) is 0 Å². The molecular weight excluding hydrogens is 438 g/mol. The third kappa shape index (κ3) is 4.94. The van der Waals surface area contributed by atoms with Crippen molar-refractivity contribution in [1.29, 1.82) is 0 Å². The van der Waals surface area contributed by atoms with Gasteiger partial charge in [-0.25, -0.2) is 22.4 Å². The van der Waals surface area contributed by atoms with E-state index >= 15 is 0 Å². The second-order valence-corrected chi connectivity index (χ2v) is 11.9. The van der Waals surface area contributed by atoms with Crippen molar-refractivity contribution in [2.45, 2.75) is 64.4 Å². The van der Waals surface area contributed by atoms with Crippen LogP contribution in [0.2, 0.25) is 0 Å². The van der Waals surface area contributed by atoms with Crippen molar-refractivity contribution in [3.63, 3.8) is 0 Å². The van der Waals surface area contributed by atoms with Crippen LogP contribution in [0.15, 0.2) is 35.2 Å². The van der Waals surface area contributed by atoms with E-state index in [0.717, 1.165) is 22.3 Å². The smallest absolute Gasteiger partial charge is 0.252 e. The predicted molar refractivity (Wildman–Crippen MR) is 130 cm³/mol. The number of carbonyl (C=O) groups excluding carboxylic acids is 1. The maximum Gasteiger partial charge on any atom is 0.252 e. The Balaban J connectivity index is 1.93. The lowest BCUT2D eigenvalue weighted by Gasteiger charge is -2.20. The van der Waals surface area contributed by atoms with Crippen LogP contribution in [0.3, 0.4) is 0 Å². The van der Waals surface area contributed by atoms with Crippen LogP contribution in [-0.2, 0) is 22.1 Å². The van der Waals surface area contributed by atoms with E-state index < -0.39 is 10.0 Å². The fourth-order valence-corrected chi connectivity index (χ4v) is 4.42. The number of aromatic nitrogens is 3. The van der Waals surface area contributed by atoms with Crippen LogP contribution >= 0.6 is 0 Å². The van der Waals surface area contributed by atoms with E-state index in [1.165, 1.54) is 18.4 Å². The maximum absolute atomic E-state index is 13.3. The summed E-state index contributed by atoms with van der Waals surface area (Å²) in [5.74, 6) is -0.0680. The number of hydrogen-bond acceptors (Lipinski definition) is 5. The van der Waals surface area contributed by atoms with Gasteiger partial charge in [-0.15, -0.1) is 0 Å². The van der Waals surface area contributed by atoms with Crippen LogP contribution < -0.4 is 5.32 Å². The molecule has 178 valence electrons. The number of amides is 1. The van der Waals surface area contributed by atoms with Crippen molar-refractivity contribution in [2.24, 2.45) is 0 Å². The van der Waals surface area contributed by atoms with E-state index in [9.17, 15) is 13.2 Å². The Bertz CT molecular complexity index is 1280. The first-order valence-electron chi connectivity index (χ1n) is 10.9. The highest BCUT2D eigenvalue weighted by Crippen LogP contribution is 2.29. The first kappa shape index (κ1) is 24.9. The highest BCUT2D eigenvalue weighted by atomic mass is 32.2. The molecule has 0 aliphatic carbocycles. The van der Waals surface area contributed by atoms with Crippen molar-refractivity contribution in [3.05, 3.63) is 52.8 Å². The summed E-state index contributed by atoms with van der Waals surface area (Å²) in [7, 11) is -0.502. The monoisotopic (exact) mass is 471 g/mol. The molecule has 33 heavy (non-hydrogen) atoms. The predicted octanol–water partition coefficient (Wildman–Crippen LogP) is 3.80. The molecule has 0 saturated heterocycles. The quantitative estimate of drug-likeness (QED) is 0.590. The van der Waals surface area contributed by atoms with Crippen LogP contribution in [0.5, 0.6) is 0 Å². The molecule has 0 aliphatic rings. The van der Waals surface area contributed by atoms with E-state index in [2.05, 4.69) is 31.2 Å². The Morgan fingerprint density at radius 2 is 1.76 bits per heavy atom. The number of carbonyl (C=O) groups is 1. The van der Waals surface area contributed by atoms with Gasteiger partial charge in [0.1, 0.15) is 0 Å². The molecule has 3 rings (SSSR count). The van der Waals surface area contributed by atoms with Gasteiger partial charge in [-0.05, 0) is 57.4 Å². The molecule has 0 atom stereocenters. The molecule has 1 N–H and O–H groups in total. The van der Waals surface area contributed by atoms with Crippen molar-refractivity contribution in [1.82, 2.24) is 24.4 Å². The Morgan fingerprint density at radius 3 is 2.27 bits per heavy atom. The molecule has 9 heteroatoms. The van der Waals surface area contributed by atoms with Crippen LogP contribution in [0.1, 0.15) is 67.8 Å². The first-order chi connectivity index (χ1) is 15.2. The summed E-state index contributed by atoms with van der Waals surface area (Å²) in [6.07, 6.45) is 0. The second-order valence-electron chi connectivity index (χ2n) is 9.73. The number of benzene rings is 1. The normalized spacial score (nSPS) is 12.7. The van der Waals surface area contributed by atoms with Crippen LogP contribution in [0.25, 0.3) is 11.0 Å². The van der Waals surface area contributed by atoms with Crippen LogP contribution in [0, 0.1) is 6.92 Å². The van der Waals surface area contributed by atoms with E-state index in [1.54, 1.807) is 24.3 Å². The Hall–Kier alpha value is -2.78. The van der Waals surface area contributed by atoms with E-state index in [1.807, 2.05) is 31.5 Å². The molecule has 2 aromatic heterocycles. The minimum absolute atomic E-state index is 0.149. The first-order valence-corrected chi connectivity index (χ1v) is 12.4. The summed E-state index contributed by atoms with van der Waals surface area (Å²) in [5, 5.41) is 8.40. The average Bonchev–Trinajstić information content (AvgIpc) is 3.08. The standard InChI is InChI=1S/C24H33N5O3S/c1-15(2)20-13-19(21-16(3)27-29(22(21)26-20)24(4,5)6)23(30)25-14-17-9-11-18(12-10-17)33(31,32)28(7)8/h9-13,15H,14H2,1-8H3,(H,25,30). The molecule has 0 aliphatic heterocycles. The number of hydrogen-bond donors (Lipinski definition) is 1. The van der Waals surface area contributed by atoms with Gasteiger partial charge in [-0.1, -0.05) is 26.0 Å². The fourth-order valence-electron chi connectivity index (χ4n) is 3.52. The molecule has 0 fully saturated rings. The number of fused-ring (bicyclic) bond motifs is 1. The largest absolute Gasteiger partial charge is 0.348 e. The third-order valence-electron chi connectivity index (χ3n) is 5.46. The molecule has 1 aromatic carbocycles. The second kappa shape index (κ2) is 8.87. The fraction of sp³-hybridized carbons (Fsp3) is 0.458. The molecule has 1 amide bonds. The number of nitrogens with one attached hydrogen (secondary N) is 1. The van der Waals surface area contributed by atoms with Crippen molar-refractivity contribution < 1.29 is 13.2 Å². The minimum atomic E-state index is -3.49. The lowest BCUT2D eigenvalue weighted by molar-refractivity contribution is 0.0952. The van der Waals surface area contributed by atoms with E-state index in [4.69, 9.17) is 4.98 Å². The topological polar surface area (TPSA) is 97.2 Å². The zero-order chi connectivity index (χ0) is 24.7. The summed E-state index contributed by atoms with van der Waals surface area (Å²) in [5.41, 5.74) is 3.36. The number of nitrogens with zero attached hydrogens (tertiary/aromatic N) is 4. The third-order valence-corrected chi connectivity index (χ3v) is 7.29. The number of aryl methyl sites for hydroxylation is 1. The van der Waals surface area contributed by atoms with Crippen molar-refractivity contribution in [2.75, 3.05) is 14.1 Å². The zero-order valence-electron chi connectivity index (χ0n) is 20.6. The van der Waals surface area contributed by atoms with Gasteiger partial charge in [-0.2, -0.15) is 5.10 Å². The summed E-state index contributed by atoms with van der Waals surface area (Å²) in [4.78, 5) is 18.3. The minimum Gasteiger partial charge on any atom is -0.348 e. The van der Waals surface area contributed by atoms with Gasteiger partial charge in [0.05, 0.1) is 27.1 Å². The number of pyridine rings is 1. The molecule has 3 aromatic rings. The molecule has 8 nitrogen and oxygen atoms in total. The van der Waals surface area contributed by atoms with Gasteiger partial charge < -0.3 is 5.32 Å². The number of sulfonamides is 1. The maximum atomic E-state index is 13.3. The number of rotatable bonds is 6. The van der Waals surface area contributed by atoms with Gasteiger partial charge in [0.15, 0.2) is 5.65 Å². The molecular formula is C24H33N5O3S. The van der Waals surface area contributed by atoms with Gasteiger partial charge in [-0.3, -0.25) is 4.79 Å². The summed E-state index contributed by atoms with van der Waals surface area (Å²) in [6, 6.07) is 8.37. The van der Waals surface area contributed by atoms with Gasteiger partial charge in [0, 0.05) is 26.3 Å². The molecule has 0 unspecified atom stereocenters. The lowest BCUT2D eigenvalue weighted by atomic mass is 10.0. The zero-order valence-corrected chi connectivity index (χ0v) is 21.4. The molecule has 0 saturated carbocycles. The van der Waals surface area contributed by atoms with Gasteiger partial charge in [0.25, 0.3) is 5.91 Å². The molecule has 0 bridgehead atoms. The highest BCUT2D eigenvalue weighted by molar-refractivity contribution is 7.89. The highest BCUT2D eigenvalue weighted by Gasteiger charge is 2.25. The Kier molecular flexibility index (Phi) is 6.68. The Labute approximate surface area is 196 Å². The molecule has 0 spiro atoms. The van der Waals surface area contributed by atoms with E-state index in [0.29, 0.717) is 11.2 Å². The molecule has 2 heterocycles. The summed E-state index contributed by atoms with van der Waals surface area (Å²) in [6.45, 7) is 12.4. The van der Waals surface area contributed by atoms with Gasteiger partial charge >= 0.3 is 0 Å². The SMILES string of the molecule is Cc1nn(C(C)(C)C)c2nc(C(C)C)cc(C(=O)NCc3ccc(S(=O)(=O)N(C)C)cc3)c12. The molecule has 0 radical (unpaired) electrons.